The van der Waals surface area contributed by atoms with Crippen molar-refractivity contribution in [2.45, 2.75) is 19.5 Å². The number of amides is 1. The van der Waals surface area contributed by atoms with E-state index < -0.39 is 5.95 Å². The highest BCUT2D eigenvalue weighted by Gasteiger charge is 2.26. The van der Waals surface area contributed by atoms with Crippen LogP contribution in [-0.2, 0) is 19.5 Å². The van der Waals surface area contributed by atoms with Gasteiger partial charge in [-0.25, -0.2) is 14.8 Å². The van der Waals surface area contributed by atoms with Gasteiger partial charge in [-0.15, -0.1) is 0 Å². The van der Waals surface area contributed by atoms with Gasteiger partial charge >= 0.3 is 6.03 Å². The molecule has 1 aliphatic heterocycles. The summed E-state index contributed by atoms with van der Waals surface area (Å²) in [5.74, 6) is -0.583. The number of carbonyl (C=O) groups is 1. The quantitative estimate of drug-likeness (QED) is 0.230. The third-order valence-corrected chi connectivity index (χ3v) is 7.67. The molecule has 6 rings (SSSR count). The summed E-state index contributed by atoms with van der Waals surface area (Å²) in [6.07, 6.45) is 8.00. The van der Waals surface area contributed by atoms with E-state index in [-0.39, 0.29) is 12.6 Å². The summed E-state index contributed by atoms with van der Waals surface area (Å²) in [6, 6.07) is 22.1. The van der Waals surface area contributed by atoms with Crippen LogP contribution in [0.2, 0.25) is 5.02 Å². The Labute approximate surface area is 247 Å². The van der Waals surface area contributed by atoms with Crippen LogP contribution >= 0.6 is 11.6 Å². The summed E-state index contributed by atoms with van der Waals surface area (Å²) in [7, 11) is 0. The zero-order valence-corrected chi connectivity index (χ0v) is 23.4. The number of nitrogens with one attached hydrogen (secondary N) is 1. The maximum absolute atomic E-state index is 13.6. The molecule has 1 aliphatic rings. The third kappa shape index (κ3) is 5.79. The molecular weight excluding hydrogens is 551 g/mol. The van der Waals surface area contributed by atoms with Crippen molar-refractivity contribution < 1.29 is 9.18 Å². The van der Waals surface area contributed by atoms with Gasteiger partial charge < -0.3 is 5.32 Å². The lowest BCUT2D eigenvalue weighted by Gasteiger charge is -2.27. The number of benzene rings is 2. The molecular formula is C33H26ClFN6O. The van der Waals surface area contributed by atoms with Gasteiger partial charge in [-0.2, -0.15) is 9.65 Å². The van der Waals surface area contributed by atoms with Gasteiger partial charge in [0.15, 0.2) is 0 Å². The first-order chi connectivity index (χ1) is 20.5. The van der Waals surface area contributed by atoms with Crippen LogP contribution in [0.5, 0.6) is 0 Å². The predicted octanol–water partition coefficient (Wildman–Crippen LogP) is 6.59. The molecule has 1 amide bonds. The van der Waals surface area contributed by atoms with E-state index in [4.69, 9.17) is 16.9 Å². The minimum atomic E-state index is -0.583. The van der Waals surface area contributed by atoms with Crippen LogP contribution in [0.4, 0.5) is 9.18 Å². The molecule has 0 spiro atoms. The van der Waals surface area contributed by atoms with Crippen molar-refractivity contribution in [1.29, 1.82) is 5.26 Å². The maximum Gasteiger partial charge on any atom is 0.326 e. The van der Waals surface area contributed by atoms with Crippen molar-refractivity contribution in [2.24, 2.45) is 0 Å². The summed E-state index contributed by atoms with van der Waals surface area (Å²) < 4.78 is 15.3. The molecule has 0 unspecified atom stereocenters. The van der Waals surface area contributed by atoms with Gasteiger partial charge in [0.25, 0.3) is 0 Å². The Morgan fingerprint density at radius 1 is 1.07 bits per heavy atom. The lowest BCUT2D eigenvalue weighted by molar-refractivity contribution is 0.240. The van der Waals surface area contributed by atoms with Crippen LogP contribution in [0.3, 0.4) is 0 Å². The van der Waals surface area contributed by atoms with Crippen LogP contribution < -0.4 is 5.32 Å². The predicted molar refractivity (Wildman–Crippen MR) is 161 cm³/mol. The average Bonchev–Trinajstić information content (AvgIpc) is 3.34. The molecule has 5 aromatic rings. The van der Waals surface area contributed by atoms with E-state index in [0.717, 1.165) is 51.9 Å². The van der Waals surface area contributed by atoms with Gasteiger partial charge in [0.05, 0.1) is 5.52 Å². The first-order valence-electron chi connectivity index (χ1n) is 13.5. The van der Waals surface area contributed by atoms with E-state index in [0.29, 0.717) is 29.2 Å². The lowest BCUT2D eigenvalue weighted by Crippen LogP contribution is -2.34. The summed E-state index contributed by atoms with van der Waals surface area (Å²) in [6.45, 7) is 2.42. The number of nitriles is 1. The van der Waals surface area contributed by atoms with E-state index in [1.165, 1.54) is 12.3 Å². The van der Waals surface area contributed by atoms with Gasteiger partial charge in [-0.05, 0) is 70.8 Å². The highest BCUT2D eigenvalue weighted by atomic mass is 35.5. The fraction of sp³-hybridized carbons (Fsp3) is 0.152. The Balaban J connectivity index is 1.32. The van der Waals surface area contributed by atoms with E-state index in [1.807, 2.05) is 42.5 Å². The number of carbonyl (C=O) groups excluding carboxylic acids is 1. The van der Waals surface area contributed by atoms with Gasteiger partial charge in [0.2, 0.25) is 5.95 Å². The highest BCUT2D eigenvalue weighted by Crippen LogP contribution is 2.34. The molecule has 1 N–H and O–H groups in total. The van der Waals surface area contributed by atoms with Gasteiger partial charge in [-0.1, -0.05) is 42.0 Å². The van der Waals surface area contributed by atoms with Crippen molar-refractivity contribution in [3.8, 4) is 17.2 Å². The first kappa shape index (κ1) is 27.3. The molecule has 0 radical (unpaired) electrons. The number of pyridine rings is 2. The molecule has 2 aromatic carbocycles. The number of halogens is 2. The molecule has 0 bridgehead atoms. The molecule has 0 fully saturated rings. The summed E-state index contributed by atoms with van der Waals surface area (Å²) >= 11 is 6.01. The minimum Gasteiger partial charge on any atom is -0.333 e. The van der Waals surface area contributed by atoms with E-state index in [9.17, 15) is 9.18 Å². The number of nitrogens with zero attached hydrogens (tertiary/aromatic N) is 5. The molecule has 0 atom stereocenters. The number of aromatic nitrogens is 3. The normalized spacial score (nSPS) is 13.3. The SMILES string of the molecule is N#Cc1ccc(-c2ccc3c(c2)c2c(n3C(=O)NCc3ccnc(F)c3)CCN(C/C=C/c3ccc(Cl)cc3)C2)cn1. The molecule has 3 aromatic heterocycles. The number of hydrogen-bond acceptors (Lipinski definition) is 5. The second kappa shape index (κ2) is 12.0. The summed E-state index contributed by atoms with van der Waals surface area (Å²) in [5, 5.41) is 13.8. The Bertz CT molecular complexity index is 1840. The number of fused-ring (bicyclic) bond motifs is 3. The zero-order valence-electron chi connectivity index (χ0n) is 22.6. The Morgan fingerprint density at radius 3 is 2.67 bits per heavy atom. The second-order valence-corrected chi connectivity index (χ2v) is 10.6. The lowest BCUT2D eigenvalue weighted by atomic mass is 10.0. The van der Waals surface area contributed by atoms with Crippen molar-refractivity contribution in [2.75, 3.05) is 13.1 Å². The molecule has 0 saturated carbocycles. The molecule has 9 heteroatoms. The van der Waals surface area contributed by atoms with Crippen molar-refractivity contribution >= 4 is 34.6 Å². The monoisotopic (exact) mass is 576 g/mol. The fourth-order valence-electron chi connectivity index (χ4n) is 5.33. The minimum absolute atomic E-state index is 0.184. The number of hydrogen-bond donors (Lipinski definition) is 1. The Morgan fingerprint density at radius 2 is 1.90 bits per heavy atom. The highest BCUT2D eigenvalue weighted by molar-refractivity contribution is 6.30. The van der Waals surface area contributed by atoms with E-state index >= 15 is 0 Å². The third-order valence-electron chi connectivity index (χ3n) is 7.42. The second-order valence-electron chi connectivity index (χ2n) is 10.1. The molecule has 7 nitrogen and oxygen atoms in total. The van der Waals surface area contributed by atoms with Crippen LogP contribution in [-0.4, -0.2) is 38.6 Å². The molecule has 42 heavy (non-hydrogen) atoms. The van der Waals surface area contributed by atoms with Gasteiger partial charge in [-0.3, -0.25) is 9.47 Å². The van der Waals surface area contributed by atoms with Crippen molar-refractivity contribution in [1.82, 2.24) is 24.8 Å². The topological polar surface area (TPSA) is 86.8 Å². The maximum atomic E-state index is 13.6. The van der Waals surface area contributed by atoms with E-state index in [2.05, 4.69) is 44.5 Å². The van der Waals surface area contributed by atoms with Gasteiger partial charge in [0, 0.05) is 66.7 Å². The fourth-order valence-corrected chi connectivity index (χ4v) is 5.46. The summed E-state index contributed by atoms with van der Waals surface area (Å²) in [5.41, 5.74) is 6.79. The van der Waals surface area contributed by atoms with E-state index in [1.54, 1.807) is 22.9 Å². The standard InChI is InChI=1S/C33H26ClFN6O/c34-26-7-3-22(4-8-26)2-1-14-40-15-12-31-29(21-40)28-17-24(25-5-9-27(18-36)38-20-25)6-10-30(28)41(31)33(42)39-19-23-11-13-37-32(35)16-23/h1-11,13,16-17,20H,12,14-15,19,21H2,(H,39,42)/b2-1+. The largest absolute Gasteiger partial charge is 0.333 e. The average molecular weight is 577 g/mol. The molecule has 208 valence electrons. The van der Waals surface area contributed by atoms with Crippen molar-refractivity contribution in [3.63, 3.8) is 0 Å². The Hall–Kier alpha value is -4.84. The first-order valence-corrected chi connectivity index (χ1v) is 13.9. The molecule has 4 heterocycles. The van der Waals surface area contributed by atoms with Crippen LogP contribution in [0.1, 0.15) is 28.1 Å². The Kier molecular flexibility index (Phi) is 7.78. The van der Waals surface area contributed by atoms with Crippen molar-refractivity contribution in [3.05, 3.63) is 124 Å². The van der Waals surface area contributed by atoms with Crippen LogP contribution in [0, 0.1) is 17.3 Å². The number of rotatable bonds is 6. The zero-order chi connectivity index (χ0) is 29.1. The van der Waals surface area contributed by atoms with Crippen LogP contribution in [0.15, 0.2) is 85.2 Å². The molecule has 0 saturated heterocycles. The smallest absolute Gasteiger partial charge is 0.326 e. The summed E-state index contributed by atoms with van der Waals surface area (Å²) in [4.78, 5) is 23.7. The van der Waals surface area contributed by atoms with Gasteiger partial charge in [0.1, 0.15) is 11.8 Å². The molecule has 0 aliphatic carbocycles. The van der Waals surface area contributed by atoms with Crippen LogP contribution in [0.25, 0.3) is 28.1 Å².